The zero-order valence-corrected chi connectivity index (χ0v) is 16.7. The van der Waals surface area contributed by atoms with Gasteiger partial charge in [-0.25, -0.2) is 14.1 Å². The van der Waals surface area contributed by atoms with Gasteiger partial charge in [0.05, 0.1) is 25.0 Å². The maximum absolute atomic E-state index is 13.3. The van der Waals surface area contributed by atoms with Gasteiger partial charge >= 0.3 is 0 Å². The number of nitrogens with zero attached hydrogens (tertiary/aromatic N) is 3. The van der Waals surface area contributed by atoms with Crippen LogP contribution in [0.2, 0.25) is 0 Å². The molecule has 7 heteroatoms. The second kappa shape index (κ2) is 10.3. The fourth-order valence-corrected chi connectivity index (χ4v) is 2.84. The van der Waals surface area contributed by atoms with Crippen LogP contribution < -0.4 is 15.4 Å². The molecule has 0 bridgehead atoms. The normalized spacial score (nSPS) is 11.3. The quantitative estimate of drug-likeness (QED) is 0.454. The summed E-state index contributed by atoms with van der Waals surface area (Å²) in [5, 5.41) is 11.1. The van der Waals surface area contributed by atoms with Gasteiger partial charge in [-0.1, -0.05) is 12.1 Å². The number of benzene rings is 2. The molecular weight excluding hydrogens is 369 g/mol. The highest BCUT2D eigenvalue weighted by molar-refractivity contribution is 5.79. The van der Waals surface area contributed by atoms with Gasteiger partial charge in [-0.2, -0.15) is 5.10 Å². The third-order valence-electron chi connectivity index (χ3n) is 4.32. The van der Waals surface area contributed by atoms with Crippen molar-refractivity contribution in [3.63, 3.8) is 0 Å². The van der Waals surface area contributed by atoms with Crippen LogP contribution in [0.15, 0.2) is 65.8 Å². The highest BCUT2D eigenvalue weighted by Crippen LogP contribution is 2.14. The molecule has 2 N–H and O–H groups in total. The summed E-state index contributed by atoms with van der Waals surface area (Å²) < 4.78 is 20.3. The Kier molecular flexibility index (Phi) is 7.22. The summed E-state index contributed by atoms with van der Waals surface area (Å²) in [6.45, 7) is 3.89. The molecule has 0 saturated carbocycles. The van der Waals surface area contributed by atoms with E-state index in [0.29, 0.717) is 25.5 Å². The fourth-order valence-electron chi connectivity index (χ4n) is 2.84. The number of hydrogen-bond acceptors (Lipinski definition) is 3. The molecule has 0 unspecified atom stereocenters. The van der Waals surface area contributed by atoms with Crippen LogP contribution in [-0.2, 0) is 13.0 Å². The maximum Gasteiger partial charge on any atom is 0.191 e. The van der Waals surface area contributed by atoms with E-state index in [0.717, 1.165) is 29.2 Å². The second-order valence-electron chi connectivity index (χ2n) is 6.45. The zero-order valence-electron chi connectivity index (χ0n) is 16.7. The Morgan fingerprint density at radius 1 is 1.14 bits per heavy atom. The minimum Gasteiger partial charge on any atom is -0.497 e. The monoisotopic (exact) mass is 395 g/mol. The lowest BCUT2D eigenvalue weighted by Gasteiger charge is -2.11. The second-order valence-corrected chi connectivity index (χ2v) is 6.45. The van der Waals surface area contributed by atoms with Crippen molar-refractivity contribution in [1.29, 1.82) is 0 Å². The maximum atomic E-state index is 13.3. The molecule has 0 aliphatic rings. The molecule has 0 amide bonds. The molecule has 0 aliphatic carbocycles. The van der Waals surface area contributed by atoms with Crippen molar-refractivity contribution in [1.82, 2.24) is 20.4 Å². The number of hydrogen-bond donors (Lipinski definition) is 2. The number of aromatic nitrogens is 2. The first-order valence-electron chi connectivity index (χ1n) is 9.63. The number of ether oxygens (including phenoxy) is 1. The number of methoxy groups -OCH3 is 1. The van der Waals surface area contributed by atoms with Gasteiger partial charge in [-0.05, 0) is 61.4 Å². The van der Waals surface area contributed by atoms with Crippen LogP contribution >= 0.6 is 0 Å². The van der Waals surface area contributed by atoms with Crippen molar-refractivity contribution < 1.29 is 9.13 Å². The van der Waals surface area contributed by atoms with E-state index in [1.165, 1.54) is 6.07 Å². The number of guanidine groups is 1. The number of rotatable bonds is 8. The summed E-state index contributed by atoms with van der Waals surface area (Å²) in [7, 11) is 1.65. The first-order valence-corrected chi connectivity index (χ1v) is 9.63. The summed E-state index contributed by atoms with van der Waals surface area (Å²) in [5.41, 5.74) is 2.77. The molecule has 29 heavy (non-hydrogen) atoms. The first kappa shape index (κ1) is 20.4. The van der Waals surface area contributed by atoms with Gasteiger partial charge in [0.1, 0.15) is 11.6 Å². The molecule has 0 saturated heterocycles. The summed E-state index contributed by atoms with van der Waals surface area (Å²) in [5.74, 6) is 1.31. The minimum atomic E-state index is -0.212. The van der Waals surface area contributed by atoms with Crippen molar-refractivity contribution in [3.8, 4) is 11.4 Å². The van der Waals surface area contributed by atoms with E-state index >= 15 is 0 Å². The van der Waals surface area contributed by atoms with Crippen LogP contribution in [0, 0.1) is 5.82 Å². The molecule has 152 valence electrons. The average Bonchev–Trinajstić information content (AvgIpc) is 3.21. The van der Waals surface area contributed by atoms with Crippen LogP contribution in [0.3, 0.4) is 0 Å². The SMILES string of the molecule is CCNC(=NCc1ccn(-c2ccc(OC)cc2)n1)NCCc1cccc(F)c1. The molecule has 3 rings (SSSR count). The highest BCUT2D eigenvalue weighted by Gasteiger charge is 2.03. The average molecular weight is 395 g/mol. The topological polar surface area (TPSA) is 63.5 Å². The molecule has 0 fully saturated rings. The van der Waals surface area contributed by atoms with E-state index in [9.17, 15) is 4.39 Å². The predicted octanol–water partition coefficient (Wildman–Crippen LogP) is 3.32. The van der Waals surface area contributed by atoms with Crippen molar-refractivity contribution >= 4 is 5.96 Å². The Balaban J connectivity index is 1.57. The molecule has 3 aromatic rings. The number of aliphatic imine (C=N–C) groups is 1. The lowest BCUT2D eigenvalue weighted by Crippen LogP contribution is -2.38. The van der Waals surface area contributed by atoms with E-state index in [4.69, 9.17) is 4.74 Å². The Bertz CT molecular complexity index is 936. The molecular formula is C22H26FN5O. The number of nitrogens with one attached hydrogen (secondary N) is 2. The van der Waals surface area contributed by atoms with E-state index in [1.807, 2.05) is 54.2 Å². The summed E-state index contributed by atoms with van der Waals surface area (Å²) in [6.07, 6.45) is 2.63. The van der Waals surface area contributed by atoms with Gasteiger partial charge in [-0.3, -0.25) is 0 Å². The Hall–Kier alpha value is -3.35. The third kappa shape index (κ3) is 6.07. The molecule has 1 aromatic heterocycles. The molecule has 0 spiro atoms. The van der Waals surface area contributed by atoms with Gasteiger partial charge in [0.25, 0.3) is 0 Å². The van der Waals surface area contributed by atoms with Crippen molar-refractivity contribution in [2.24, 2.45) is 4.99 Å². The van der Waals surface area contributed by atoms with Crippen LogP contribution in [0.5, 0.6) is 5.75 Å². The van der Waals surface area contributed by atoms with Gasteiger partial charge in [0.2, 0.25) is 0 Å². The third-order valence-corrected chi connectivity index (χ3v) is 4.32. The lowest BCUT2D eigenvalue weighted by molar-refractivity contribution is 0.414. The largest absolute Gasteiger partial charge is 0.497 e. The molecule has 0 radical (unpaired) electrons. The van der Waals surface area contributed by atoms with Crippen molar-refractivity contribution in [3.05, 3.63) is 77.9 Å². The Labute approximate surface area is 170 Å². The number of halogens is 1. The molecule has 0 aliphatic heterocycles. The van der Waals surface area contributed by atoms with E-state index < -0.39 is 0 Å². The van der Waals surface area contributed by atoms with Gasteiger partial charge in [0.15, 0.2) is 5.96 Å². The predicted molar refractivity (Wildman–Crippen MR) is 113 cm³/mol. The minimum absolute atomic E-state index is 0.212. The van der Waals surface area contributed by atoms with Gasteiger partial charge < -0.3 is 15.4 Å². The molecule has 2 aromatic carbocycles. The van der Waals surface area contributed by atoms with Crippen LogP contribution in [0.1, 0.15) is 18.2 Å². The summed E-state index contributed by atoms with van der Waals surface area (Å²) in [6, 6.07) is 16.3. The summed E-state index contributed by atoms with van der Waals surface area (Å²) >= 11 is 0. The lowest BCUT2D eigenvalue weighted by atomic mass is 10.1. The first-order chi connectivity index (χ1) is 14.2. The fraction of sp³-hybridized carbons (Fsp3) is 0.273. The summed E-state index contributed by atoms with van der Waals surface area (Å²) in [4.78, 5) is 4.59. The van der Waals surface area contributed by atoms with Gasteiger partial charge in [0, 0.05) is 19.3 Å². The van der Waals surface area contributed by atoms with Crippen LogP contribution in [-0.4, -0.2) is 35.9 Å². The van der Waals surface area contributed by atoms with Crippen LogP contribution in [0.25, 0.3) is 5.69 Å². The Morgan fingerprint density at radius 2 is 1.97 bits per heavy atom. The smallest absolute Gasteiger partial charge is 0.191 e. The van der Waals surface area contributed by atoms with E-state index in [2.05, 4.69) is 20.7 Å². The van der Waals surface area contributed by atoms with Crippen molar-refractivity contribution in [2.75, 3.05) is 20.2 Å². The Morgan fingerprint density at radius 3 is 2.69 bits per heavy atom. The molecule has 6 nitrogen and oxygen atoms in total. The van der Waals surface area contributed by atoms with Gasteiger partial charge in [-0.15, -0.1) is 0 Å². The molecule has 0 atom stereocenters. The van der Waals surface area contributed by atoms with Crippen LogP contribution in [0.4, 0.5) is 4.39 Å². The zero-order chi connectivity index (χ0) is 20.5. The highest BCUT2D eigenvalue weighted by atomic mass is 19.1. The van der Waals surface area contributed by atoms with E-state index in [1.54, 1.807) is 19.2 Å². The van der Waals surface area contributed by atoms with Crippen molar-refractivity contribution in [2.45, 2.75) is 19.9 Å². The van der Waals surface area contributed by atoms with E-state index in [-0.39, 0.29) is 5.82 Å². The molecule has 1 heterocycles. The standard InChI is InChI=1S/C22H26FN5O/c1-3-24-22(25-13-11-17-5-4-6-18(23)15-17)26-16-19-12-14-28(27-19)20-7-9-21(29-2)10-8-20/h4-10,12,14-15H,3,11,13,16H2,1-2H3,(H2,24,25,26).